The number of carbonyl (C=O) groups excluding carboxylic acids is 1. The van der Waals surface area contributed by atoms with E-state index in [0.717, 1.165) is 10.6 Å². The fourth-order valence-electron chi connectivity index (χ4n) is 0.745. The Kier molecular flexibility index (Phi) is 2.17. The molecular weight excluding hydrogens is 146 g/mol. The molecule has 0 spiro atoms. The lowest BCUT2D eigenvalue weighted by atomic mass is 10.2. The fourth-order valence-corrected chi connectivity index (χ4v) is 1.55. The molecule has 0 aromatic carbocycles. The first-order chi connectivity index (χ1) is 4.68. The van der Waals surface area contributed by atoms with Crippen molar-refractivity contribution in [1.82, 2.24) is 4.37 Å². The maximum atomic E-state index is 10.6. The second-order valence-electron chi connectivity index (χ2n) is 2.31. The second kappa shape index (κ2) is 2.92. The largest absolute Gasteiger partial charge is 0.300 e. The van der Waals surface area contributed by atoms with E-state index in [9.17, 15) is 4.79 Å². The van der Waals surface area contributed by atoms with Gasteiger partial charge in [-0.1, -0.05) is 0 Å². The smallest absolute Gasteiger partial charge is 0.135 e. The van der Waals surface area contributed by atoms with Gasteiger partial charge in [-0.3, -0.25) is 4.79 Å². The maximum Gasteiger partial charge on any atom is 0.135 e. The Hall–Kier alpha value is -0.700. The van der Waals surface area contributed by atoms with Gasteiger partial charge in [0.2, 0.25) is 0 Å². The zero-order valence-corrected chi connectivity index (χ0v) is 6.86. The number of rotatable bonds is 2. The summed E-state index contributed by atoms with van der Waals surface area (Å²) in [5.41, 5.74) is 1.00. The summed E-state index contributed by atoms with van der Waals surface area (Å²) in [5.74, 6) is 0.198. The second-order valence-corrected chi connectivity index (χ2v) is 3.20. The van der Waals surface area contributed by atoms with Crippen LogP contribution in [0, 0.1) is 6.92 Å². The van der Waals surface area contributed by atoms with Crippen LogP contribution in [-0.2, 0) is 11.2 Å². The van der Waals surface area contributed by atoms with Gasteiger partial charge < -0.3 is 0 Å². The van der Waals surface area contributed by atoms with E-state index in [-0.39, 0.29) is 5.78 Å². The molecule has 0 aliphatic heterocycles. The third-order valence-electron chi connectivity index (χ3n) is 1.10. The topological polar surface area (TPSA) is 30.0 Å². The monoisotopic (exact) mass is 155 g/mol. The van der Waals surface area contributed by atoms with Crippen molar-refractivity contribution in [2.24, 2.45) is 0 Å². The Bertz CT molecular complexity index is 242. The third kappa shape index (κ3) is 1.92. The van der Waals surface area contributed by atoms with Crippen LogP contribution in [0.4, 0.5) is 0 Å². The number of aromatic nitrogens is 1. The lowest BCUT2D eigenvalue weighted by Gasteiger charge is -1.85. The highest BCUT2D eigenvalue weighted by molar-refractivity contribution is 7.05. The molecule has 0 bridgehead atoms. The Morgan fingerprint density at radius 2 is 2.50 bits per heavy atom. The molecular formula is C7H9NOS. The predicted molar refractivity (Wildman–Crippen MR) is 41.2 cm³/mol. The van der Waals surface area contributed by atoms with Gasteiger partial charge in [0.25, 0.3) is 0 Å². The molecule has 0 N–H and O–H groups in total. The van der Waals surface area contributed by atoms with Gasteiger partial charge in [0, 0.05) is 11.3 Å². The van der Waals surface area contributed by atoms with E-state index in [1.165, 1.54) is 11.5 Å². The van der Waals surface area contributed by atoms with Crippen LogP contribution in [0.25, 0.3) is 0 Å². The first-order valence-corrected chi connectivity index (χ1v) is 3.87. The van der Waals surface area contributed by atoms with Gasteiger partial charge in [-0.25, -0.2) is 0 Å². The molecule has 1 aromatic heterocycles. The van der Waals surface area contributed by atoms with Crippen molar-refractivity contribution in [3.05, 3.63) is 16.6 Å². The lowest BCUT2D eigenvalue weighted by Crippen LogP contribution is -1.92. The number of ketones is 1. The summed E-state index contributed by atoms with van der Waals surface area (Å²) >= 11 is 1.41. The van der Waals surface area contributed by atoms with Crippen molar-refractivity contribution in [2.45, 2.75) is 20.3 Å². The van der Waals surface area contributed by atoms with Crippen LogP contribution < -0.4 is 0 Å². The zero-order valence-electron chi connectivity index (χ0n) is 6.05. The minimum Gasteiger partial charge on any atom is -0.300 e. The fraction of sp³-hybridized carbons (Fsp3) is 0.429. The first kappa shape index (κ1) is 7.41. The highest BCUT2D eigenvalue weighted by atomic mass is 32.1. The van der Waals surface area contributed by atoms with Crippen LogP contribution in [0.3, 0.4) is 0 Å². The molecule has 1 aromatic rings. The van der Waals surface area contributed by atoms with E-state index >= 15 is 0 Å². The molecule has 1 rings (SSSR count). The van der Waals surface area contributed by atoms with Crippen molar-refractivity contribution in [1.29, 1.82) is 0 Å². The van der Waals surface area contributed by atoms with Crippen LogP contribution in [0.2, 0.25) is 0 Å². The van der Waals surface area contributed by atoms with Crippen molar-refractivity contribution < 1.29 is 4.79 Å². The molecule has 0 atom stereocenters. The zero-order chi connectivity index (χ0) is 7.56. The van der Waals surface area contributed by atoms with Gasteiger partial charge in [0.05, 0.1) is 5.69 Å². The molecule has 54 valence electrons. The Labute approximate surface area is 64.1 Å². The average Bonchev–Trinajstić information content (AvgIpc) is 2.13. The molecule has 0 aliphatic carbocycles. The minimum atomic E-state index is 0.198. The molecule has 0 amide bonds. The van der Waals surface area contributed by atoms with Gasteiger partial charge in [-0.15, -0.1) is 0 Å². The van der Waals surface area contributed by atoms with Gasteiger partial charge >= 0.3 is 0 Å². The molecule has 0 fully saturated rings. The Morgan fingerprint density at radius 1 is 1.80 bits per heavy atom. The average molecular weight is 155 g/mol. The summed E-state index contributed by atoms with van der Waals surface area (Å²) in [5, 5.41) is 0. The molecule has 10 heavy (non-hydrogen) atoms. The van der Waals surface area contributed by atoms with E-state index in [1.54, 1.807) is 6.92 Å². The summed E-state index contributed by atoms with van der Waals surface area (Å²) in [6.07, 6.45) is 0.533. The Balaban J connectivity index is 2.67. The highest BCUT2D eigenvalue weighted by Gasteiger charge is 1.99. The summed E-state index contributed by atoms with van der Waals surface area (Å²) in [7, 11) is 0. The molecule has 0 saturated carbocycles. The van der Waals surface area contributed by atoms with Crippen LogP contribution in [0.5, 0.6) is 0 Å². The first-order valence-electron chi connectivity index (χ1n) is 3.10. The van der Waals surface area contributed by atoms with Crippen molar-refractivity contribution in [2.75, 3.05) is 0 Å². The summed E-state index contributed by atoms with van der Waals surface area (Å²) in [6, 6.07) is 1.95. The van der Waals surface area contributed by atoms with E-state index in [4.69, 9.17) is 0 Å². The SMILES string of the molecule is CC(=O)Cc1cc(C)ns1. The van der Waals surface area contributed by atoms with Gasteiger partial charge in [0.15, 0.2) is 0 Å². The number of hydrogen-bond acceptors (Lipinski definition) is 3. The van der Waals surface area contributed by atoms with Gasteiger partial charge in [-0.2, -0.15) is 4.37 Å². The number of hydrogen-bond donors (Lipinski definition) is 0. The number of carbonyl (C=O) groups is 1. The normalized spacial score (nSPS) is 9.80. The van der Waals surface area contributed by atoms with Crippen molar-refractivity contribution >= 4 is 17.3 Å². The molecule has 0 unspecified atom stereocenters. The van der Waals surface area contributed by atoms with E-state index in [1.807, 2.05) is 13.0 Å². The van der Waals surface area contributed by atoms with Gasteiger partial charge in [0.1, 0.15) is 5.78 Å². The van der Waals surface area contributed by atoms with Crippen LogP contribution in [0.1, 0.15) is 17.5 Å². The Morgan fingerprint density at radius 3 is 2.90 bits per heavy atom. The standard InChI is InChI=1S/C7H9NOS/c1-5-3-7(10-8-5)4-6(2)9/h3H,4H2,1-2H3. The molecule has 0 aliphatic rings. The highest BCUT2D eigenvalue weighted by Crippen LogP contribution is 2.09. The quantitative estimate of drug-likeness (QED) is 0.649. The maximum absolute atomic E-state index is 10.6. The lowest BCUT2D eigenvalue weighted by molar-refractivity contribution is -0.116. The molecule has 2 nitrogen and oxygen atoms in total. The van der Waals surface area contributed by atoms with Crippen LogP contribution >= 0.6 is 11.5 Å². The van der Waals surface area contributed by atoms with E-state index in [0.29, 0.717) is 6.42 Å². The minimum absolute atomic E-state index is 0.198. The van der Waals surface area contributed by atoms with Gasteiger partial charge in [-0.05, 0) is 31.4 Å². The van der Waals surface area contributed by atoms with Crippen LogP contribution in [0.15, 0.2) is 6.07 Å². The summed E-state index contributed by atoms with van der Waals surface area (Å²) in [6.45, 7) is 3.52. The van der Waals surface area contributed by atoms with Crippen molar-refractivity contribution in [3.63, 3.8) is 0 Å². The molecule has 0 radical (unpaired) electrons. The molecule has 0 saturated heterocycles. The molecule has 1 heterocycles. The summed E-state index contributed by atoms with van der Waals surface area (Å²) < 4.78 is 4.06. The molecule has 3 heteroatoms. The van der Waals surface area contributed by atoms with Crippen molar-refractivity contribution in [3.8, 4) is 0 Å². The van der Waals surface area contributed by atoms with E-state index in [2.05, 4.69) is 4.37 Å². The van der Waals surface area contributed by atoms with E-state index < -0.39 is 0 Å². The number of Topliss-reactive ketones (excluding diaryl/α,β-unsaturated/α-hetero) is 1. The summed E-state index contributed by atoms with van der Waals surface area (Å²) in [4.78, 5) is 11.7. The van der Waals surface area contributed by atoms with Crippen LogP contribution in [-0.4, -0.2) is 10.2 Å². The number of aryl methyl sites for hydroxylation is 1. The third-order valence-corrected chi connectivity index (χ3v) is 1.98. The number of nitrogens with zero attached hydrogens (tertiary/aromatic N) is 1. The predicted octanol–water partition coefficient (Wildman–Crippen LogP) is 1.58.